The van der Waals surface area contributed by atoms with Gasteiger partial charge >= 0.3 is 42.5 Å². The van der Waals surface area contributed by atoms with Crippen LogP contribution in [0.15, 0.2) is 66.4 Å². The SMILES string of the molecule is COc1cc(C2c3cc4c(cc3[C@@H](NC(=O)NCCCN(CCCN(CCCCN(CCCNC(=O)OC(C)(C)C)C(=O)OC(C)(C)C)C(=O)OC(C)(C)C)C(=O)OC(C)(C)C)C3=COC(=O)[C@@H]32)OCO4)cc(OC)c1OC(=O)OCc1ccccc1. The smallest absolute Gasteiger partial charge is 0.493 e. The Balaban J connectivity index is 1.10. The summed E-state index contributed by atoms with van der Waals surface area (Å²) < 4.78 is 62.3. The molecular weight excluding hydrogens is 1130 g/mol. The van der Waals surface area contributed by atoms with Crippen LogP contribution in [0.1, 0.15) is 149 Å². The van der Waals surface area contributed by atoms with Crippen molar-refractivity contribution in [1.29, 1.82) is 0 Å². The van der Waals surface area contributed by atoms with Crippen LogP contribution in [-0.4, -0.2) is 153 Å². The van der Waals surface area contributed by atoms with Gasteiger partial charge in [0, 0.05) is 63.8 Å². The number of carbonyl (C=O) groups excluding carboxylic acids is 7. The first-order chi connectivity index (χ1) is 40.9. The number of methoxy groups -OCH3 is 2. The zero-order valence-electron chi connectivity index (χ0n) is 52.8. The van der Waals surface area contributed by atoms with E-state index in [0.29, 0.717) is 79.0 Å². The number of cyclic esters (lactones) is 1. The summed E-state index contributed by atoms with van der Waals surface area (Å²) in [4.78, 5) is 98.5. The van der Waals surface area contributed by atoms with Gasteiger partial charge in [-0.1, -0.05) is 30.3 Å². The van der Waals surface area contributed by atoms with Crippen LogP contribution in [0.2, 0.25) is 0 Å². The summed E-state index contributed by atoms with van der Waals surface area (Å²) in [6, 6.07) is 14.4. The largest absolute Gasteiger partial charge is 0.514 e. The van der Waals surface area contributed by atoms with Crippen molar-refractivity contribution in [3.05, 3.63) is 88.7 Å². The monoisotopic (exact) mass is 1220 g/mol. The maximum Gasteiger partial charge on any atom is 0.514 e. The van der Waals surface area contributed by atoms with Gasteiger partial charge in [-0.2, -0.15) is 0 Å². The van der Waals surface area contributed by atoms with Gasteiger partial charge in [0.05, 0.1) is 32.4 Å². The Morgan fingerprint density at radius 2 is 1.05 bits per heavy atom. The van der Waals surface area contributed by atoms with Crippen molar-refractivity contribution < 1.29 is 85.7 Å². The van der Waals surface area contributed by atoms with E-state index < -0.39 is 82.8 Å². The lowest BCUT2D eigenvalue weighted by molar-refractivity contribution is -0.139. The average molecular weight is 1220 g/mol. The molecule has 3 aliphatic rings. The lowest BCUT2D eigenvalue weighted by Gasteiger charge is -2.37. The first kappa shape index (κ1) is 67.8. The summed E-state index contributed by atoms with van der Waals surface area (Å²) in [6.45, 7) is 23.1. The summed E-state index contributed by atoms with van der Waals surface area (Å²) in [7, 11) is 2.80. The van der Waals surface area contributed by atoms with Gasteiger partial charge in [-0.05, 0) is 162 Å². The average Bonchev–Trinajstić information content (AvgIpc) is 1.71. The summed E-state index contributed by atoms with van der Waals surface area (Å²) in [5.41, 5.74) is -0.0744. The van der Waals surface area contributed by atoms with E-state index in [4.69, 9.17) is 52.1 Å². The number of unbranched alkanes of at least 4 members (excludes halogenated alkanes) is 1. The Morgan fingerprint density at radius 1 is 0.575 bits per heavy atom. The molecule has 3 aromatic carbocycles. The van der Waals surface area contributed by atoms with E-state index in [1.165, 1.54) is 25.4 Å². The number of carbonyl (C=O) groups is 7. The van der Waals surface area contributed by atoms with Crippen LogP contribution in [0.4, 0.5) is 28.8 Å². The predicted molar refractivity (Wildman–Crippen MR) is 319 cm³/mol. The Labute approximate surface area is 510 Å². The lowest BCUT2D eigenvalue weighted by Crippen LogP contribution is -2.44. The second kappa shape index (κ2) is 29.9. The molecule has 0 saturated heterocycles. The highest BCUT2D eigenvalue weighted by Gasteiger charge is 2.49. The van der Waals surface area contributed by atoms with Crippen molar-refractivity contribution in [2.24, 2.45) is 5.92 Å². The predicted octanol–water partition coefficient (Wildman–Crippen LogP) is 10.9. The van der Waals surface area contributed by atoms with Crippen molar-refractivity contribution in [2.45, 2.75) is 156 Å². The molecule has 0 radical (unpaired) electrons. The highest BCUT2D eigenvalue weighted by molar-refractivity contribution is 5.85. The minimum Gasteiger partial charge on any atom is -0.493 e. The quantitative estimate of drug-likeness (QED) is 0.0326. The zero-order valence-corrected chi connectivity index (χ0v) is 52.8. The third kappa shape index (κ3) is 20.7. The molecule has 24 nitrogen and oxygen atoms in total. The molecule has 0 fully saturated rings. The van der Waals surface area contributed by atoms with Crippen LogP contribution in [0.25, 0.3) is 0 Å². The lowest BCUT2D eigenvalue weighted by atomic mass is 9.68. The first-order valence-electron chi connectivity index (χ1n) is 29.4. The Hall–Kier alpha value is -8.31. The van der Waals surface area contributed by atoms with E-state index >= 15 is 0 Å². The highest BCUT2D eigenvalue weighted by Crippen LogP contribution is 2.55. The summed E-state index contributed by atoms with van der Waals surface area (Å²) in [5.74, 6) is -1.26. The van der Waals surface area contributed by atoms with E-state index in [0.717, 1.165) is 5.56 Å². The number of rotatable bonds is 24. The molecule has 2 aliphatic heterocycles. The van der Waals surface area contributed by atoms with E-state index in [2.05, 4.69) is 16.0 Å². The van der Waals surface area contributed by atoms with Crippen LogP contribution < -0.4 is 39.6 Å². The number of fused-ring (bicyclic) bond motifs is 3. The van der Waals surface area contributed by atoms with E-state index in [-0.39, 0.29) is 69.9 Å². The normalized spacial score (nSPS) is 15.9. The molecule has 6 amide bonds. The van der Waals surface area contributed by atoms with Gasteiger partial charge in [-0.15, -0.1) is 0 Å². The maximum atomic E-state index is 14.0. The number of amides is 6. The van der Waals surface area contributed by atoms with Crippen LogP contribution in [0, 0.1) is 5.92 Å². The summed E-state index contributed by atoms with van der Waals surface area (Å²) >= 11 is 0. The third-order valence-electron chi connectivity index (χ3n) is 13.4. The van der Waals surface area contributed by atoms with Crippen molar-refractivity contribution in [2.75, 3.05) is 73.4 Å². The Bertz CT molecular complexity index is 2900. The topological polar surface area (TPSA) is 267 Å². The van der Waals surface area contributed by atoms with Gasteiger partial charge in [0.1, 0.15) is 29.0 Å². The molecule has 0 bridgehead atoms. The van der Waals surface area contributed by atoms with Crippen LogP contribution in [-0.2, 0) is 39.8 Å². The van der Waals surface area contributed by atoms with Gasteiger partial charge in [-0.25, -0.2) is 28.8 Å². The molecule has 478 valence electrons. The minimum atomic E-state index is -0.996. The number of ether oxygens (including phenoxy) is 11. The molecule has 3 atom stereocenters. The van der Waals surface area contributed by atoms with E-state index in [1.807, 2.05) is 18.2 Å². The number of nitrogens with zero attached hydrogens (tertiary/aromatic N) is 3. The van der Waals surface area contributed by atoms with Crippen molar-refractivity contribution >= 4 is 42.5 Å². The molecule has 0 spiro atoms. The maximum absolute atomic E-state index is 14.0. The summed E-state index contributed by atoms with van der Waals surface area (Å²) in [6.07, 6.45) is 0.310. The van der Waals surface area contributed by atoms with E-state index in [9.17, 15) is 33.6 Å². The molecular formula is C63H88N6O18. The molecule has 1 aliphatic carbocycles. The van der Waals surface area contributed by atoms with Crippen molar-refractivity contribution in [3.8, 4) is 28.7 Å². The van der Waals surface area contributed by atoms with Crippen molar-refractivity contribution in [3.63, 3.8) is 0 Å². The van der Waals surface area contributed by atoms with Crippen LogP contribution in [0.5, 0.6) is 28.7 Å². The van der Waals surface area contributed by atoms with Crippen molar-refractivity contribution in [1.82, 2.24) is 30.7 Å². The minimum absolute atomic E-state index is 0.0377. The summed E-state index contributed by atoms with van der Waals surface area (Å²) in [5, 5.41) is 8.67. The number of alkyl carbamates (subject to hydrolysis) is 1. The number of nitrogens with one attached hydrogen (secondary N) is 3. The molecule has 1 unspecified atom stereocenters. The van der Waals surface area contributed by atoms with Gasteiger partial charge in [-0.3, -0.25) is 4.79 Å². The number of esters is 1. The van der Waals surface area contributed by atoms with Gasteiger partial charge < -0.3 is 82.8 Å². The molecule has 3 aromatic rings. The number of benzene rings is 3. The second-order valence-corrected chi connectivity index (χ2v) is 25.2. The van der Waals surface area contributed by atoms with Gasteiger partial charge in [0.25, 0.3) is 0 Å². The standard InChI is InChI=1S/C63H88N6O18/c1-60(2,3)84-55(72)65-26-21-30-67(56(73)85-61(4,5)6)27-18-19-28-68(57(74)86-62(7,8)9)31-22-32-69(58(75)87-63(10,11)12)29-20-25-64-54(71)66-51-43-36-46-45(81-39-82-46)35-42(43)49(50-44(51)38-79-53(50)70)41-33-47(77-13)52(48(34-41)78-14)83-59(76)80-37-40-23-16-15-17-24-40/h15-17,23-24,33-36,38,49-51H,18-22,25-32,37,39H2,1-14H3,(H,65,72)(H2,64,66,71)/t49?,50-,51+/m0/s1. The number of hydrogen-bond acceptors (Lipinski definition) is 18. The van der Waals surface area contributed by atoms with Gasteiger partial charge in [0.2, 0.25) is 12.5 Å². The number of hydrogen-bond donors (Lipinski definition) is 3. The molecule has 0 aromatic heterocycles. The number of urea groups is 1. The van der Waals surface area contributed by atoms with Gasteiger partial charge in [0.15, 0.2) is 23.0 Å². The fourth-order valence-corrected chi connectivity index (χ4v) is 9.73. The zero-order chi connectivity index (χ0) is 63.9. The first-order valence-corrected chi connectivity index (χ1v) is 29.4. The molecule has 3 N–H and O–H groups in total. The molecule has 24 heteroatoms. The second-order valence-electron chi connectivity index (χ2n) is 25.2. The third-order valence-corrected chi connectivity index (χ3v) is 13.4. The fourth-order valence-electron chi connectivity index (χ4n) is 9.73. The van der Waals surface area contributed by atoms with Crippen LogP contribution >= 0.6 is 0 Å². The molecule has 0 saturated carbocycles. The van der Waals surface area contributed by atoms with Crippen LogP contribution in [0.3, 0.4) is 0 Å². The van der Waals surface area contributed by atoms with E-state index in [1.54, 1.807) is 129 Å². The molecule has 87 heavy (non-hydrogen) atoms. The molecule has 6 rings (SSSR count). The highest BCUT2D eigenvalue weighted by atomic mass is 16.7. The molecule has 2 heterocycles. The fraction of sp³-hybridized carbons (Fsp3) is 0.571. The Morgan fingerprint density at radius 3 is 1.54 bits per heavy atom. The Kier molecular flexibility index (Phi) is 23.3.